The van der Waals surface area contributed by atoms with Gasteiger partial charge in [-0.05, 0) is 53.6 Å². The highest BCUT2D eigenvalue weighted by atomic mass is 16.5. The van der Waals surface area contributed by atoms with Gasteiger partial charge in [-0.1, -0.05) is 18.2 Å². The van der Waals surface area contributed by atoms with Gasteiger partial charge in [0.2, 0.25) is 0 Å². The number of carbonyl (C=O) groups excluding carboxylic acids is 2. The summed E-state index contributed by atoms with van der Waals surface area (Å²) in [5.74, 6) is 0.686. The van der Waals surface area contributed by atoms with E-state index in [4.69, 9.17) is 18.9 Å². The van der Waals surface area contributed by atoms with Crippen LogP contribution in [0.4, 0.5) is 5.69 Å². The summed E-state index contributed by atoms with van der Waals surface area (Å²) in [5.41, 5.74) is 2.64. The van der Waals surface area contributed by atoms with Gasteiger partial charge in [-0.3, -0.25) is 9.59 Å². The number of ether oxygens (including phenoxy) is 4. The number of anilines is 1. The lowest BCUT2D eigenvalue weighted by Gasteiger charge is -2.28. The number of hydrogen-bond acceptors (Lipinski definition) is 8. The molecule has 1 saturated heterocycles. The normalized spacial score (nSPS) is 18.0. The molecule has 3 aromatic carbocycles. The highest BCUT2D eigenvalue weighted by Gasteiger charge is 2.46. The molecule has 3 aromatic rings. The minimum absolute atomic E-state index is 0.0185. The molecule has 0 aliphatic carbocycles. The summed E-state index contributed by atoms with van der Waals surface area (Å²) in [6, 6.07) is 16.8. The Hall–Kier alpha value is -4.66. The number of ketones is 1. The minimum Gasteiger partial charge on any atom is -0.507 e. The van der Waals surface area contributed by atoms with Crippen molar-refractivity contribution >= 4 is 23.1 Å². The van der Waals surface area contributed by atoms with E-state index in [9.17, 15) is 14.7 Å². The van der Waals surface area contributed by atoms with Crippen LogP contribution in [-0.2, 0) is 16.1 Å². The number of Topliss-reactive ketones (excluding diaryl/α,β-unsaturated/α-hetero) is 1. The molecular weight excluding hydrogens is 500 g/mol. The Bertz CT molecular complexity index is 1450. The van der Waals surface area contributed by atoms with Crippen molar-refractivity contribution in [2.45, 2.75) is 12.6 Å². The first-order chi connectivity index (χ1) is 18.9. The van der Waals surface area contributed by atoms with Gasteiger partial charge in [0.25, 0.3) is 11.7 Å². The Morgan fingerprint density at radius 1 is 0.949 bits per heavy atom. The number of likely N-dealkylation sites (tertiary alicyclic amines) is 1. The number of nitrogens with zero attached hydrogens (tertiary/aromatic N) is 2. The molecule has 0 radical (unpaired) electrons. The van der Waals surface area contributed by atoms with Crippen LogP contribution < -0.4 is 23.8 Å². The molecule has 1 fully saturated rings. The van der Waals surface area contributed by atoms with Crippen molar-refractivity contribution < 1.29 is 33.6 Å². The third kappa shape index (κ3) is 4.71. The standard InChI is InChI=1S/C30H30N2O7/c1-31-13-14-39-23-12-8-20(16-22(23)31)28(33)26-27(19-6-9-21(36-2)10-7-19)32(30(35)29(26)34)17-18-5-11-24(37-3)25(15-18)38-4/h5-12,15-16,27,33H,13-14,17H2,1-4H3/b28-26-. The van der Waals surface area contributed by atoms with Crippen molar-refractivity contribution in [3.05, 3.63) is 82.9 Å². The van der Waals surface area contributed by atoms with Crippen LogP contribution in [0.3, 0.4) is 0 Å². The van der Waals surface area contributed by atoms with Crippen LogP contribution in [0.15, 0.2) is 66.2 Å². The number of carbonyl (C=O) groups is 2. The van der Waals surface area contributed by atoms with Crippen molar-refractivity contribution in [1.82, 2.24) is 4.90 Å². The zero-order chi connectivity index (χ0) is 27.7. The quantitative estimate of drug-likeness (QED) is 0.276. The van der Waals surface area contributed by atoms with Crippen molar-refractivity contribution in [3.8, 4) is 23.0 Å². The Morgan fingerprint density at radius 2 is 1.69 bits per heavy atom. The van der Waals surface area contributed by atoms with E-state index in [1.54, 1.807) is 68.8 Å². The van der Waals surface area contributed by atoms with Gasteiger partial charge in [0.1, 0.15) is 23.9 Å². The van der Waals surface area contributed by atoms with Gasteiger partial charge < -0.3 is 33.9 Å². The molecule has 0 aromatic heterocycles. The summed E-state index contributed by atoms with van der Waals surface area (Å²) in [7, 11) is 6.58. The Morgan fingerprint density at radius 3 is 2.38 bits per heavy atom. The topological polar surface area (TPSA) is 97.8 Å². The maximum absolute atomic E-state index is 13.5. The summed E-state index contributed by atoms with van der Waals surface area (Å²) in [4.78, 5) is 30.4. The van der Waals surface area contributed by atoms with E-state index < -0.39 is 17.7 Å². The molecule has 202 valence electrons. The summed E-state index contributed by atoms with van der Waals surface area (Å²) >= 11 is 0. The van der Waals surface area contributed by atoms with E-state index in [0.29, 0.717) is 47.3 Å². The average Bonchev–Trinajstić information content (AvgIpc) is 3.21. The lowest BCUT2D eigenvalue weighted by atomic mass is 9.94. The Kier molecular flexibility index (Phi) is 7.06. The predicted molar refractivity (Wildman–Crippen MR) is 146 cm³/mol. The average molecular weight is 531 g/mol. The second kappa shape index (κ2) is 10.6. The van der Waals surface area contributed by atoms with Gasteiger partial charge in [-0.25, -0.2) is 0 Å². The monoisotopic (exact) mass is 530 g/mol. The smallest absolute Gasteiger partial charge is 0.295 e. The zero-order valence-corrected chi connectivity index (χ0v) is 22.3. The van der Waals surface area contributed by atoms with Gasteiger partial charge >= 0.3 is 0 Å². The van der Waals surface area contributed by atoms with E-state index in [1.807, 2.05) is 18.0 Å². The second-order valence-electron chi connectivity index (χ2n) is 9.34. The fourth-order valence-corrected chi connectivity index (χ4v) is 5.01. The Labute approximate surface area is 226 Å². The molecule has 2 aliphatic heterocycles. The van der Waals surface area contributed by atoms with Crippen molar-refractivity contribution in [1.29, 1.82) is 0 Å². The van der Waals surface area contributed by atoms with Crippen LogP contribution in [0.2, 0.25) is 0 Å². The number of rotatable bonds is 7. The number of aliphatic hydroxyl groups excluding tert-OH is 1. The highest BCUT2D eigenvalue weighted by Crippen LogP contribution is 2.42. The molecule has 1 atom stereocenters. The molecular formula is C30H30N2O7. The molecule has 2 heterocycles. The number of hydrogen-bond donors (Lipinski definition) is 1. The van der Waals surface area contributed by atoms with Crippen molar-refractivity contribution in [2.75, 3.05) is 46.4 Å². The van der Waals surface area contributed by atoms with Crippen molar-refractivity contribution in [2.24, 2.45) is 0 Å². The van der Waals surface area contributed by atoms with Crippen LogP contribution in [0.1, 0.15) is 22.7 Å². The molecule has 0 spiro atoms. The Balaban J connectivity index is 1.62. The minimum atomic E-state index is -0.825. The van der Waals surface area contributed by atoms with E-state index in [0.717, 1.165) is 11.3 Å². The number of aliphatic hydroxyl groups is 1. The van der Waals surface area contributed by atoms with E-state index in [2.05, 4.69) is 0 Å². The SMILES string of the molecule is COc1ccc(C2/C(=C(/O)c3ccc4c(c3)N(C)CCO4)C(=O)C(=O)N2Cc2ccc(OC)c(OC)c2)cc1. The van der Waals surface area contributed by atoms with Crippen LogP contribution >= 0.6 is 0 Å². The van der Waals surface area contributed by atoms with Crippen LogP contribution in [-0.4, -0.2) is 63.2 Å². The molecule has 0 saturated carbocycles. The molecule has 5 rings (SSSR count). The predicted octanol–water partition coefficient (Wildman–Crippen LogP) is 4.16. The molecule has 2 aliphatic rings. The fourth-order valence-electron chi connectivity index (χ4n) is 5.01. The van der Waals surface area contributed by atoms with E-state index >= 15 is 0 Å². The largest absolute Gasteiger partial charge is 0.507 e. The van der Waals surface area contributed by atoms with Gasteiger partial charge in [0.15, 0.2) is 11.5 Å². The number of fused-ring (bicyclic) bond motifs is 1. The summed E-state index contributed by atoms with van der Waals surface area (Å²) in [6.45, 7) is 1.37. The third-order valence-corrected chi connectivity index (χ3v) is 7.10. The first-order valence-corrected chi connectivity index (χ1v) is 12.5. The molecule has 0 bridgehead atoms. The van der Waals surface area contributed by atoms with Gasteiger partial charge in [-0.15, -0.1) is 0 Å². The molecule has 9 heteroatoms. The molecule has 9 nitrogen and oxygen atoms in total. The maximum atomic E-state index is 13.5. The van der Waals surface area contributed by atoms with Gasteiger partial charge in [0, 0.05) is 19.2 Å². The zero-order valence-electron chi connectivity index (χ0n) is 22.3. The summed E-state index contributed by atoms with van der Waals surface area (Å²) < 4.78 is 21.8. The summed E-state index contributed by atoms with van der Waals surface area (Å²) in [6.07, 6.45) is 0. The van der Waals surface area contributed by atoms with Crippen LogP contribution in [0.25, 0.3) is 5.76 Å². The van der Waals surface area contributed by atoms with Crippen LogP contribution in [0, 0.1) is 0 Å². The van der Waals surface area contributed by atoms with Crippen molar-refractivity contribution in [3.63, 3.8) is 0 Å². The maximum Gasteiger partial charge on any atom is 0.295 e. The highest BCUT2D eigenvalue weighted by molar-refractivity contribution is 6.46. The van der Waals surface area contributed by atoms with Crippen LogP contribution in [0.5, 0.6) is 23.0 Å². The molecule has 1 N–H and O–H groups in total. The first-order valence-electron chi connectivity index (χ1n) is 12.5. The van der Waals surface area contributed by atoms with E-state index in [1.165, 1.54) is 12.0 Å². The number of benzene rings is 3. The van der Waals surface area contributed by atoms with Gasteiger partial charge in [0.05, 0.1) is 45.2 Å². The van der Waals surface area contributed by atoms with E-state index in [-0.39, 0.29) is 17.9 Å². The number of likely N-dealkylation sites (N-methyl/N-ethyl adjacent to an activating group) is 1. The molecule has 39 heavy (non-hydrogen) atoms. The number of amides is 1. The fraction of sp³-hybridized carbons (Fsp3) is 0.267. The third-order valence-electron chi connectivity index (χ3n) is 7.10. The molecule has 1 amide bonds. The lowest BCUT2D eigenvalue weighted by Crippen LogP contribution is -2.29. The summed E-state index contributed by atoms with van der Waals surface area (Å²) in [5, 5.41) is 11.5. The first kappa shape index (κ1) is 26.0. The second-order valence-corrected chi connectivity index (χ2v) is 9.34. The lowest BCUT2D eigenvalue weighted by molar-refractivity contribution is -0.140. The number of methoxy groups -OCH3 is 3. The molecule has 1 unspecified atom stereocenters. The van der Waals surface area contributed by atoms with Gasteiger partial charge in [-0.2, -0.15) is 0 Å².